The third-order valence-corrected chi connectivity index (χ3v) is 1.26. The molecule has 0 aliphatic carbocycles. The van der Waals surface area contributed by atoms with E-state index in [-0.39, 0.29) is 0 Å². The van der Waals surface area contributed by atoms with Crippen molar-refractivity contribution in [3.8, 4) is 0 Å². The van der Waals surface area contributed by atoms with E-state index in [1.807, 2.05) is 56.5 Å². The molecule has 0 aromatic heterocycles. The highest BCUT2D eigenvalue weighted by atomic mass is 32.1. The highest BCUT2D eigenvalue weighted by Gasteiger charge is 1.96. The van der Waals surface area contributed by atoms with E-state index >= 15 is 0 Å². The van der Waals surface area contributed by atoms with Crippen LogP contribution < -0.4 is 0 Å². The molecule has 0 aliphatic heterocycles. The van der Waals surface area contributed by atoms with E-state index in [1.54, 1.807) is 13.5 Å². The van der Waals surface area contributed by atoms with Gasteiger partial charge in [0, 0.05) is 78.3 Å². The normalized spacial score (nSPS) is 7.15. The largest absolute Gasteiger partial charge is 0.246 e. The maximum Gasteiger partial charge on any atom is 0.130 e. The standard InChI is InChI=1S/B12HS/c1-2-3-4-5-6-7-8-9-10-11-12-13/h13H. The van der Waals surface area contributed by atoms with Gasteiger partial charge in [-0.3, -0.25) is 0 Å². The highest BCUT2D eigenvalue weighted by molar-refractivity contribution is 8.14. The Bertz CT molecular complexity index is 71.2. The smallest absolute Gasteiger partial charge is 0.130 e. The fourth-order valence-electron chi connectivity index (χ4n) is 0.563. The predicted octanol–water partition coefficient (Wildman–Crippen LogP) is -4.19. The summed E-state index contributed by atoms with van der Waals surface area (Å²) in [4.78, 5) is 0. The molecule has 0 fully saturated rings. The fourth-order valence-corrected chi connectivity index (χ4v) is 0.662. The summed E-state index contributed by atoms with van der Waals surface area (Å²) in [6, 6.07) is 0. The third-order valence-electron chi connectivity index (χ3n) is 1.09. The summed E-state index contributed by atoms with van der Waals surface area (Å²) in [6.07, 6.45) is 1.68. The van der Waals surface area contributed by atoms with Crippen LogP contribution in [0, 0.1) is 0 Å². The molecule has 13 radical (unpaired) electrons. The Hall–Kier alpha value is 1.13. The molecule has 43 valence electrons. The van der Waals surface area contributed by atoms with Crippen LogP contribution in [0.2, 0.25) is 0 Å². The summed E-state index contributed by atoms with van der Waals surface area (Å²) < 4.78 is 0. The van der Waals surface area contributed by atoms with Crippen LogP contribution in [-0.4, -0.2) is 84.8 Å². The third kappa shape index (κ3) is 13.1. The Kier molecular flexibility index (Phi) is 14.3. The molecule has 0 aromatic carbocycles. The van der Waals surface area contributed by atoms with Crippen molar-refractivity contribution in [2.24, 2.45) is 0 Å². The molecule has 0 nitrogen and oxygen atoms in total. The van der Waals surface area contributed by atoms with Gasteiger partial charge in [0.25, 0.3) is 0 Å². The molecular formula is HB12S. The molecule has 13 heavy (non-hydrogen) atoms. The van der Waals surface area contributed by atoms with Gasteiger partial charge in [-0.2, -0.15) is 0 Å². The van der Waals surface area contributed by atoms with Crippen LogP contribution in [0.25, 0.3) is 0 Å². The first kappa shape index (κ1) is 14.1. The minimum Gasteiger partial charge on any atom is -0.246 e. The second-order valence-corrected chi connectivity index (χ2v) is 2.37. The molecule has 0 saturated heterocycles. The summed E-state index contributed by atoms with van der Waals surface area (Å²) in [7, 11) is 23.6. The van der Waals surface area contributed by atoms with Crippen LogP contribution >= 0.6 is 12.5 Å². The van der Waals surface area contributed by atoms with Gasteiger partial charge >= 0.3 is 0 Å². The van der Waals surface area contributed by atoms with Crippen molar-refractivity contribution in [3.05, 3.63) is 0 Å². The Balaban J connectivity index is 2.76. The molecule has 0 unspecified atom stereocenters. The van der Waals surface area contributed by atoms with E-state index in [9.17, 15) is 0 Å². The molecule has 13 heteroatoms. The van der Waals surface area contributed by atoms with Crippen molar-refractivity contribution in [2.45, 2.75) is 0 Å². The van der Waals surface area contributed by atoms with Gasteiger partial charge < -0.3 is 0 Å². The summed E-state index contributed by atoms with van der Waals surface area (Å²) in [5.41, 5.74) is 0. The lowest BCUT2D eigenvalue weighted by Gasteiger charge is -1.95. The number of hydrogen-bond donors (Lipinski definition) is 1. The van der Waals surface area contributed by atoms with Crippen molar-refractivity contribution in [3.63, 3.8) is 0 Å². The molecule has 0 aromatic rings. The first-order chi connectivity index (χ1) is 6.41. The van der Waals surface area contributed by atoms with Crippen molar-refractivity contribution in [1.29, 1.82) is 0 Å². The fraction of sp³-hybridized carbons (Fsp3) is 0. The van der Waals surface area contributed by atoms with E-state index in [0.29, 0.717) is 0 Å². The van der Waals surface area contributed by atoms with E-state index in [1.165, 1.54) is 7.06 Å². The van der Waals surface area contributed by atoms with Crippen LogP contribution in [0.1, 0.15) is 0 Å². The van der Waals surface area contributed by atoms with E-state index in [2.05, 4.69) is 12.5 Å². The molecule has 0 bridgehead atoms. The zero-order valence-corrected chi connectivity index (χ0v) is 8.27. The predicted molar refractivity (Wildman–Crippen MR) is 78.0 cm³/mol. The molecule has 0 spiro atoms. The van der Waals surface area contributed by atoms with Gasteiger partial charge in [-0.1, -0.05) is 0 Å². The minimum absolute atomic E-state index is 1.49. The van der Waals surface area contributed by atoms with Gasteiger partial charge in [0.2, 0.25) is 0 Å². The van der Waals surface area contributed by atoms with Gasteiger partial charge in [0.1, 0.15) is 6.45 Å². The molecule has 0 heterocycles. The van der Waals surface area contributed by atoms with Crippen LogP contribution in [0.4, 0.5) is 0 Å². The van der Waals surface area contributed by atoms with Crippen molar-refractivity contribution in [2.75, 3.05) is 0 Å². The Morgan fingerprint density at radius 2 is 1.00 bits per heavy atom. The van der Waals surface area contributed by atoms with Crippen LogP contribution in [0.5, 0.6) is 0 Å². The summed E-state index contributed by atoms with van der Waals surface area (Å²) in [6.45, 7) is 0. The molecule has 0 amide bonds. The lowest BCUT2D eigenvalue weighted by molar-refractivity contribution is 3.81. The van der Waals surface area contributed by atoms with Crippen molar-refractivity contribution < 1.29 is 0 Å². The number of rotatable bonds is 10. The molecule has 0 rings (SSSR count). The molecule has 0 aliphatic rings. The maximum absolute atomic E-state index is 5.13. The van der Waals surface area contributed by atoms with Gasteiger partial charge in [-0.15, -0.1) is 0 Å². The lowest BCUT2D eigenvalue weighted by Crippen LogP contribution is -2.33. The molecule has 0 atom stereocenters. The van der Waals surface area contributed by atoms with E-state index < -0.39 is 0 Å². The quantitative estimate of drug-likeness (QED) is 0.188. The SMILES string of the molecule is [B][B][B][B][B][B][B][B][B][B][B][B]S. The summed E-state index contributed by atoms with van der Waals surface area (Å²) in [5, 5.41) is 0. The van der Waals surface area contributed by atoms with E-state index in [4.69, 9.17) is 7.74 Å². The average Bonchev–Trinajstić information content (AvgIpc) is 2.16. The Morgan fingerprint density at radius 3 is 1.38 bits per heavy atom. The van der Waals surface area contributed by atoms with Crippen molar-refractivity contribution in [1.82, 2.24) is 0 Å². The van der Waals surface area contributed by atoms with Crippen LogP contribution in [0.3, 0.4) is 0 Å². The van der Waals surface area contributed by atoms with E-state index in [0.717, 1.165) is 0 Å². The monoisotopic (exact) mass is 165 g/mol. The number of hydrogen-bond acceptors (Lipinski definition) is 1. The van der Waals surface area contributed by atoms with Crippen molar-refractivity contribution >= 4 is 97.3 Å². The van der Waals surface area contributed by atoms with Gasteiger partial charge in [-0.05, 0) is 0 Å². The zero-order valence-electron chi connectivity index (χ0n) is 7.38. The zero-order chi connectivity index (χ0) is 9.78. The summed E-state index contributed by atoms with van der Waals surface area (Å²) >= 11 is 3.91. The van der Waals surface area contributed by atoms with Gasteiger partial charge in [-0.25, -0.2) is 12.5 Å². The van der Waals surface area contributed by atoms with Gasteiger partial charge in [0.05, 0.1) is 0 Å². The maximum atomic E-state index is 5.13. The average molecular weight is 163 g/mol. The van der Waals surface area contributed by atoms with Crippen LogP contribution in [0.15, 0.2) is 0 Å². The van der Waals surface area contributed by atoms with Gasteiger partial charge in [0.15, 0.2) is 0 Å². The van der Waals surface area contributed by atoms with Crippen LogP contribution in [-0.2, 0) is 0 Å². The molecule has 0 N–H and O–H groups in total. The molecule has 0 saturated carbocycles. The summed E-state index contributed by atoms with van der Waals surface area (Å²) in [5.74, 6) is 0. The second kappa shape index (κ2) is 13.1. The molecular weight excluding hydrogens is 162 g/mol. The lowest BCUT2D eigenvalue weighted by atomic mass is 8.87. The first-order valence-electron chi connectivity index (χ1n) is 3.92. The number of thiol groups is 1. The second-order valence-electron chi connectivity index (χ2n) is 2.07. The Morgan fingerprint density at radius 1 is 0.615 bits per heavy atom. The highest BCUT2D eigenvalue weighted by Crippen LogP contribution is 1.62. The first-order valence-corrected chi connectivity index (χ1v) is 4.44. The Labute approximate surface area is 97.3 Å². The minimum atomic E-state index is 1.49. The topological polar surface area (TPSA) is 0 Å².